The third kappa shape index (κ3) is 2.44. The fraction of sp³-hybridized carbons (Fsp3) is 0. The van der Waals surface area contributed by atoms with Gasteiger partial charge in [0.15, 0.2) is 5.75 Å². The number of rotatable bonds is 2. The summed E-state index contributed by atoms with van der Waals surface area (Å²) in [6.45, 7) is 0. The van der Waals surface area contributed by atoms with Crippen LogP contribution in [0.2, 0.25) is 10.0 Å². The van der Waals surface area contributed by atoms with Crippen molar-refractivity contribution in [3.05, 3.63) is 58.6 Å². The van der Waals surface area contributed by atoms with E-state index in [1.165, 1.54) is 0 Å². The number of halogens is 2. The minimum atomic E-state index is 0.461. The molecule has 0 spiro atoms. The first-order chi connectivity index (χ1) is 7.27. The maximum Gasteiger partial charge on any atom is 0.164 e. The Morgan fingerprint density at radius 3 is 2.27 bits per heavy atom. The highest BCUT2D eigenvalue weighted by Crippen LogP contribution is 2.35. The van der Waals surface area contributed by atoms with Crippen molar-refractivity contribution in [1.29, 1.82) is 0 Å². The molecule has 15 heavy (non-hydrogen) atoms. The van der Waals surface area contributed by atoms with Crippen molar-refractivity contribution in [2.75, 3.05) is 0 Å². The summed E-state index contributed by atoms with van der Waals surface area (Å²) >= 11 is 11.9. The minimum Gasteiger partial charge on any atom is -0.454 e. The van der Waals surface area contributed by atoms with E-state index in [0.29, 0.717) is 21.5 Å². The van der Waals surface area contributed by atoms with Gasteiger partial charge in [0, 0.05) is 6.07 Å². The summed E-state index contributed by atoms with van der Waals surface area (Å²) < 4.78 is 5.52. The predicted octanol–water partition coefficient (Wildman–Crippen LogP) is 4.59. The van der Waals surface area contributed by atoms with E-state index >= 15 is 0 Å². The van der Waals surface area contributed by atoms with Gasteiger partial charge in [0.2, 0.25) is 0 Å². The Hall–Kier alpha value is -1.18. The predicted molar refractivity (Wildman–Crippen MR) is 61.8 cm³/mol. The molecule has 0 saturated carbocycles. The second-order valence-corrected chi connectivity index (χ2v) is 3.69. The van der Waals surface area contributed by atoms with Gasteiger partial charge in [-0.15, -0.1) is 0 Å². The van der Waals surface area contributed by atoms with Crippen LogP contribution in [0.5, 0.6) is 11.5 Å². The molecule has 0 unspecified atom stereocenters. The molecule has 0 aliphatic carbocycles. The van der Waals surface area contributed by atoms with E-state index < -0.39 is 0 Å². The van der Waals surface area contributed by atoms with Crippen LogP contribution in [0.25, 0.3) is 0 Å². The Bertz CT molecular complexity index is 434. The third-order valence-electron chi connectivity index (χ3n) is 1.81. The number of para-hydroxylation sites is 2. The van der Waals surface area contributed by atoms with Gasteiger partial charge in [-0.25, -0.2) is 0 Å². The summed E-state index contributed by atoms with van der Waals surface area (Å²) in [5.41, 5.74) is 0. The van der Waals surface area contributed by atoms with E-state index in [0.717, 1.165) is 0 Å². The molecule has 3 heteroatoms. The summed E-state index contributed by atoms with van der Waals surface area (Å²) in [6.07, 6.45) is 0. The average Bonchev–Trinajstić information content (AvgIpc) is 2.25. The van der Waals surface area contributed by atoms with Crippen LogP contribution in [0.15, 0.2) is 42.5 Å². The summed E-state index contributed by atoms with van der Waals surface area (Å²) in [7, 11) is 0. The van der Waals surface area contributed by atoms with Crippen LogP contribution in [0.1, 0.15) is 0 Å². The first-order valence-electron chi connectivity index (χ1n) is 4.36. The third-order valence-corrected chi connectivity index (χ3v) is 2.41. The van der Waals surface area contributed by atoms with E-state index in [1.54, 1.807) is 30.3 Å². The van der Waals surface area contributed by atoms with E-state index in [9.17, 15) is 0 Å². The zero-order valence-electron chi connectivity index (χ0n) is 7.71. The lowest BCUT2D eigenvalue weighted by Gasteiger charge is -2.08. The van der Waals surface area contributed by atoms with Crippen molar-refractivity contribution in [2.24, 2.45) is 0 Å². The zero-order valence-corrected chi connectivity index (χ0v) is 9.22. The van der Waals surface area contributed by atoms with Gasteiger partial charge in [-0.05, 0) is 18.2 Å². The van der Waals surface area contributed by atoms with Crippen LogP contribution in [0.3, 0.4) is 0 Å². The monoisotopic (exact) mass is 237 g/mol. The molecule has 2 aromatic rings. The normalized spacial score (nSPS) is 10.0. The first-order valence-corrected chi connectivity index (χ1v) is 5.11. The summed E-state index contributed by atoms with van der Waals surface area (Å²) in [4.78, 5) is 0. The molecule has 1 nitrogen and oxygen atoms in total. The van der Waals surface area contributed by atoms with Gasteiger partial charge in [0.1, 0.15) is 5.75 Å². The van der Waals surface area contributed by atoms with Gasteiger partial charge in [0.05, 0.1) is 10.0 Å². The number of ether oxygens (including phenoxy) is 1. The zero-order chi connectivity index (χ0) is 10.7. The largest absolute Gasteiger partial charge is 0.454 e. The highest BCUT2D eigenvalue weighted by molar-refractivity contribution is 6.37. The van der Waals surface area contributed by atoms with Crippen LogP contribution in [0, 0.1) is 6.07 Å². The lowest BCUT2D eigenvalue weighted by molar-refractivity contribution is 0.482. The molecule has 2 aromatic carbocycles. The Morgan fingerprint density at radius 1 is 0.933 bits per heavy atom. The van der Waals surface area contributed by atoms with Crippen molar-refractivity contribution in [2.45, 2.75) is 0 Å². The number of hydrogen-bond acceptors (Lipinski definition) is 1. The number of hydrogen-bond donors (Lipinski definition) is 0. The lowest BCUT2D eigenvalue weighted by Crippen LogP contribution is -1.85. The van der Waals surface area contributed by atoms with E-state index in [-0.39, 0.29) is 0 Å². The highest BCUT2D eigenvalue weighted by atomic mass is 35.5. The van der Waals surface area contributed by atoms with Gasteiger partial charge in [-0.2, -0.15) is 0 Å². The Labute approximate surface area is 98.2 Å². The fourth-order valence-electron chi connectivity index (χ4n) is 1.13. The Kier molecular flexibility index (Phi) is 3.14. The molecule has 0 atom stereocenters. The highest BCUT2D eigenvalue weighted by Gasteiger charge is 2.07. The van der Waals surface area contributed by atoms with Crippen molar-refractivity contribution in [3.63, 3.8) is 0 Å². The summed E-state index contributed by atoms with van der Waals surface area (Å²) in [5, 5.41) is 0.972. The molecule has 0 aliphatic rings. The van der Waals surface area contributed by atoms with E-state index in [1.807, 2.05) is 12.1 Å². The van der Waals surface area contributed by atoms with Crippen molar-refractivity contribution < 1.29 is 4.74 Å². The maximum atomic E-state index is 5.96. The van der Waals surface area contributed by atoms with Crippen LogP contribution in [-0.2, 0) is 0 Å². The molecule has 0 saturated heterocycles. The fourth-order valence-corrected chi connectivity index (χ4v) is 1.60. The Morgan fingerprint density at radius 2 is 1.67 bits per heavy atom. The van der Waals surface area contributed by atoms with Crippen LogP contribution >= 0.6 is 23.2 Å². The molecule has 0 amide bonds. The molecule has 0 N–H and O–H groups in total. The quantitative estimate of drug-likeness (QED) is 0.743. The Balaban J connectivity index is 2.32. The van der Waals surface area contributed by atoms with E-state index in [4.69, 9.17) is 27.9 Å². The average molecular weight is 238 g/mol. The van der Waals surface area contributed by atoms with Crippen LogP contribution in [0.4, 0.5) is 0 Å². The second-order valence-electron chi connectivity index (χ2n) is 2.88. The standard InChI is InChI=1S/C12H7Cl2O/c13-10-7-4-8-11(14)12(10)15-9-5-2-1-3-6-9/h1-5,7-8H. The maximum absolute atomic E-state index is 5.96. The molecule has 0 aliphatic heterocycles. The van der Waals surface area contributed by atoms with Gasteiger partial charge in [-0.1, -0.05) is 47.5 Å². The molecular weight excluding hydrogens is 231 g/mol. The van der Waals surface area contributed by atoms with Crippen LogP contribution in [-0.4, -0.2) is 0 Å². The minimum absolute atomic E-state index is 0.461. The van der Waals surface area contributed by atoms with Crippen LogP contribution < -0.4 is 4.74 Å². The smallest absolute Gasteiger partial charge is 0.164 e. The second kappa shape index (κ2) is 4.56. The van der Waals surface area contributed by atoms with Crippen molar-refractivity contribution in [3.8, 4) is 11.5 Å². The van der Waals surface area contributed by atoms with Gasteiger partial charge in [-0.3, -0.25) is 0 Å². The topological polar surface area (TPSA) is 9.23 Å². The molecule has 0 heterocycles. The molecule has 0 aromatic heterocycles. The van der Waals surface area contributed by atoms with Crippen molar-refractivity contribution >= 4 is 23.2 Å². The molecule has 0 bridgehead atoms. The summed E-state index contributed by atoms with van der Waals surface area (Å²) in [6, 6.07) is 15.4. The molecule has 0 fully saturated rings. The molecular formula is C12H7Cl2O. The van der Waals surface area contributed by atoms with Gasteiger partial charge < -0.3 is 4.74 Å². The molecule has 2 rings (SSSR count). The molecule has 1 radical (unpaired) electrons. The van der Waals surface area contributed by atoms with E-state index in [2.05, 4.69) is 6.07 Å². The van der Waals surface area contributed by atoms with Crippen molar-refractivity contribution in [1.82, 2.24) is 0 Å². The SMILES string of the molecule is Clc1cccc(Cl)c1Oc1[c]cccc1. The number of benzene rings is 2. The molecule has 75 valence electrons. The van der Waals surface area contributed by atoms with Gasteiger partial charge in [0.25, 0.3) is 0 Å². The lowest BCUT2D eigenvalue weighted by atomic mass is 10.3. The summed E-state index contributed by atoms with van der Waals surface area (Å²) in [5.74, 6) is 1.05. The van der Waals surface area contributed by atoms with Gasteiger partial charge >= 0.3 is 0 Å². The first kappa shape index (κ1) is 10.3.